The molecule has 0 aliphatic carbocycles. The molecular formula is C24H20F4N4OS. The minimum atomic E-state index is -4.37. The molecule has 1 N–H and O–H groups in total. The quantitative estimate of drug-likeness (QED) is 0.405. The van der Waals surface area contributed by atoms with Crippen LogP contribution in [0.4, 0.5) is 23.2 Å². The number of nitrogens with zero attached hydrogens (tertiary/aromatic N) is 3. The topological polar surface area (TPSA) is 52.2 Å². The van der Waals surface area contributed by atoms with Crippen LogP contribution in [0.3, 0.4) is 0 Å². The number of aromatic nitrogens is 2. The third-order valence-electron chi connectivity index (χ3n) is 5.93. The van der Waals surface area contributed by atoms with E-state index in [4.69, 9.17) is 0 Å². The molecule has 2 aromatic heterocycles. The molecule has 0 bridgehead atoms. The number of fused-ring (bicyclic) bond motifs is 1. The Hall–Kier alpha value is -3.24. The number of piperazine rings is 1. The second-order valence-electron chi connectivity index (χ2n) is 8.16. The lowest BCUT2D eigenvalue weighted by Gasteiger charge is -2.36. The molecule has 0 unspecified atom stereocenters. The van der Waals surface area contributed by atoms with Crippen LogP contribution in [0.15, 0.2) is 58.7 Å². The minimum absolute atomic E-state index is 0.247. The van der Waals surface area contributed by atoms with Gasteiger partial charge in [0.2, 0.25) is 0 Å². The van der Waals surface area contributed by atoms with Crippen LogP contribution in [0.1, 0.15) is 11.4 Å². The van der Waals surface area contributed by atoms with Crippen LogP contribution in [-0.2, 0) is 12.7 Å². The van der Waals surface area contributed by atoms with Gasteiger partial charge in [0.15, 0.2) is 0 Å². The summed E-state index contributed by atoms with van der Waals surface area (Å²) in [7, 11) is 0. The molecule has 1 aliphatic rings. The number of H-pyrrole nitrogens is 1. The molecule has 176 valence electrons. The van der Waals surface area contributed by atoms with Gasteiger partial charge in [-0.15, -0.1) is 11.3 Å². The maximum absolute atomic E-state index is 13.3. The van der Waals surface area contributed by atoms with Crippen LogP contribution in [0.2, 0.25) is 0 Å². The summed E-state index contributed by atoms with van der Waals surface area (Å²) >= 11 is 1.36. The van der Waals surface area contributed by atoms with Crippen molar-refractivity contribution in [2.24, 2.45) is 0 Å². The van der Waals surface area contributed by atoms with Crippen LogP contribution in [0, 0.1) is 5.82 Å². The Morgan fingerprint density at radius 2 is 1.76 bits per heavy atom. The van der Waals surface area contributed by atoms with E-state index < -0.39 is 11.7 Å². The zero-order valence-corrected chi connectivity index (χ0v) is 18.7. The maximum Gasteiger partial charge on any atom is 0.416 e. The van der Waals surface area contributed by atoms with Crippen molar-refractivity contribution >= 4 is 27.2 Å². The molecule has 2 aromatic carbocycles. The number of halogens is 4. The number of hydrogen-bond donors (Lipinski definition) is 1. The second kappa shape index (κ2) is 8.84. The molecule has 10 heteroatoms. The largest absolute Gasteiger partial charge is 0.416 e. The Labute approximate surface area is 196 Å². The van der Waals surface area contributed by atoms with E-state index in [1.54, 1.807) is 18.2 Å². The molecule has 1 fully saturated rings. The van der Waals surface area contributed by atoms with Crippen molar-refractivity contribution in [3.05, 3.63) is 81.5 Å². The Bertz CT molecular complexity index is 1370. The predicted molar refractivity (Wildman–Crippen MR) is 125 cm³/mol. The maximum atomic E-state index is 13.3. The number of aromatic amines is 1. The number of rotatable bonds is 4. The number of hydrogen-bond acceptors (Lipinski definition) is 5. The van der Waals surface area contributed by atoms with Gasteiger partial charge in [-0.2, -0.15) is 13.2 Å². The van der Waals surface area contributed by atoms with Crippen molar-refractivity contribution in [1.29, 1.82) is 0 Å². The van der Waals surface area contributed by atoms with E-state index in [9.17, 15) is 22.4 Å². The molecule has 1 saturated heterocycles. The van der Waals surface area contributed by atoms with Crippen LogP contribution in [-0.4, -0.2) is 41.0 Å². The molecule has 0 atom stereocenters. The first-order chi connectivity index (χ1) is 16.3. The van der Waals surface area contributed by atoms with E-state index in [1.165, 1.54) is 35.6 Å². The number of benzene rings is 2. The second-order valence-corrected chi connectivity index (χ2v) is 9.02. The summed E-state index contributed by atoms with van der Waals surface area (Å²) in [5.41, 5.74) is 1.12. The lowest BCUT2D eigenvalue weighted by atomic mass is 10.1. The molecular weight excluding hydrogens is 468 g/mol. The van der Waals surface area contributed by atoms with E-state index >= 15 is 0 Å². The Morgan fingerprint density at radius 1 is 1.03 bits per heavy atom. The molecule has 5 nitrogen and oxygen atoms in total. The average Bonchev–Trinajstić information content (AvgIpc) is 3.24. The standard InChI is InChI=1S/C24H20F4N4OS/c25-17-6-4-15(5-7-17)19-14-34-23-21(19)22(33)29-20(30-23)13-31-8-10-32(11-9-31)18-3-1-2-16(12-18)24(26,27)28/h1-7,12,14H,8-11,13H2,(H,29,30,33). The predicted octanol–water partition coefficient (Wildman–Crippen LogP) is 5.13. The van der Waals surface area contributed by atoms with Gasteiger partial charge in [-0.05, 0) is 35.9 Å². The molecule has 5 rings (SSSR count). The van der Waals surface area contributed by atoms with Crippen LogP contribution >= 0.6 is 11.3 Å². The molecule has 3 heterocycles. The van der Waals surface area contributed by atoms with E-state index in [0.717, 1.165) is 17.2 Å². The molecule has 0 radical (unpaired) electrons. The minimum Gasteiger partial charge on any atom is -0.369 e. The Balaban J connectivity index is 1.29. The van der Waals surface area contributed by atoms with Crippen molar-refractivity contribution in [3.8, 4) is 11.1 Å². The molecule has 0 spiro atoms. The fourth-order valence-electron chi connectivity index (χ4n) is 4.17. The first kappa shape index (κ1) is 22.5. The SMILES string of the molecule is O=c1[nH]c(CN2CCN(c3cccc(C(F)(F)F)c3)CC2)nc2scc(-c3ccc(F)cc3)c12. The van der Waals surface area contributed by atoms with Crippen molar-refractivity contribution < 1.29 is 17.6 Å². The smallest absolute Gasteiger partial charge is 0.369 e. The highest BCUT2D eigenvalue weighted by atomic mass is 32.1. The molecule has 1 aliphatic heterocycles. The van der Waals surface area contributed by atoms with Gasteiger partial charge in [0.1, 0.15) is 16.5 Å². The Kier molecular flexibility index (Phi) is 5.86. The van der Waals surface area contributed by atoms with Gasteiger partial charge >= 0.3 is 6.18 Å². The van der Waals surface area contributed by atoms with Crippen molar-refractivity contribution in [2.45, 2.75) is 12.7 Å². The summed E-state index contributed by atoms with van der Waals surface area (Å²) in [6.45, 7) is 2.83. The third kappa shape index (κ3) is 4.55. The van der Waals surface area contributed by atoms with Gasteiger partial charge in [-0.25, -0.2) is 9.37 Å². The zero-order valence-electron chi connectivity index (χ0n) is 17.9. The van der Waals surface area contributed by atoms with Gasteiger partial charge in [0, 0.05) is 42.8 Å². The number of nitrogens with one attached hydrogen (secondary N) is 1. The highest BCUT2D eigenvalue weighted by molar-refractivity contribution is 7.17. The molecule has 34 heavy (non-hydrogen) atoms. The third-order valence-corrected chi connectivity index (χ3v) is 6.80. The van der Waals surface area contributed by atoms with Gasteiger partial charge in [0.25, 0.3) is 5.56 Å². The summed E-state index contributed by atoms with van der Waals surface area (Å²) in [5.74, 6) is 0.197. The van der Waals surface area contributed by atoms with Crippen LogP contribution in [0.5, 0.6) is 0 Å². The van der Waals surface area contributed by atoms with Crippen LogP contribution < -0.4 is 10.5 Å². The lowest BCUT2D eigenvalue weighted by molar-refractivity contribution is -0.137. The highest BCUT2D eigenvalue weighted by Gasteiger charge is 2.31. The summed E-state index contributed by atoms with van der Waals surface area (Å²) in [6.07, 6.45) is -4.37. The van der Waals surface area contributed by atoms with Gasteiger partial charge in [0.05, 0.1) is 17.5 Å². The molecule has 4 aromatic rings. The fraction of sp³-hybridized carbons (Fsp3) is 0.250. The summed E-state index contributed by atoms with van der Waals surface area (Å²) < 4.78 is 52.3. The number of anilines is 1. The highest BCUT2D eigenvalue weighted by Crippen LogP contribution is 2.32. The van der Waals surface area contributed by atoms with Crippen molar-refractivity contribution in [2.75, 3.05) is 31.1 Å². The molecule has 0 amide bonds. The normalized spacial score (nSPS) is 15.2. The zero-order chi connectivity index (χ0) is 23.9. The number of thiophene rings is 1. The summed E-state index contributed by atoms with van der Waals surface area (Å²) in [4.78, 5) is 25.0. The van der Waals surface area contributed by atoms with E-state index in [2.05, 4.69) is 14.9 Å². The Morgan fingerprint density at radius 3 is 2.47 bits per heavy atom. The summed E-state index contributed by atoms with van der Waals surface area (Å²) in [6, 6.07) is 11.3. The first-order valence-corrected chi connectivity index (χ1v) is 11.6. The first-order valence-electron chi connectivity index (χ1n) is 10.7. The average molecular weight is 489 g/mol. The monoisotopic (exact) mass is 488 g/mol. The van der Waals surface area contributed by atoms with Gasteiger partial charge < -0.3 is 9.88 Å². The van der Waals surface area contributed by atoms with Crippen molar-refractivity contribution in [1.82, 2.24) is 14.9 Å². The van der Waals surface area contributed by atoms with Crippen LogP contribution in [0.25, 0.3) is 21.3 Å². The fourth-order valence-corrected chi connectivity index (χ4v) is 5.13. The summed E-state index contributed by atoms with van der Waals surface area (Å²) in [5, 5.41) is 2.33. The van der Waals surface area contributed by atoms with E-state index in [0.29, 0.717) is 54.5 Å². The van der Waals surface area contributed by atoms with Gasteiger partial charge in [-0.1, -0.05) is 18.2 Å². The van der Waals surface area contributed by atoms with Crippen molar-refractivity contribution in [3.63, 3.8) is 0 Å². The lowest BCUT2D eigenvalue weighted by Crippen LogP contribution is -2.46. The van der Waals surface area contributed by atoms with E-state index in [1.807, 2.05) is 10.3 Å². The number of alkyl halides is 3. The molecule has 0 saturated carbocycles. The van der Waals surface area contributed by atoms with Gasteiger partial charge in [-0.3, -0.25) is 9.69 Å². The van der Waals surface area contributed by atoms with E-state index in [-0.39, 0.29) is 11.4 Å².